The van der Waals surface area contributed by atoms with Crippen LogP contribution in [0.3, 0.4) is 0 Å². The van der Waals surface area contributed by atoms with Gasteiger partial charge in [-0.25, -0.2) is 0 Å². The van der Waals surface area contributed by atoms with Crippen LogP contribution in [-0.4, -0.2) is 19.2 Å². The highest BCUT2D eigenvalue weighted by Gasteiger charge is 1.98. The highest BCUT2D eigenvalue weighted by Crippen LogP contribution is 1.97. The summed E-state index contributed by atoms with van der Waals surface area (Å²) in [5, 5.41) is 0. The Bertz CT molecular complexity index is 292. The minimum atomic E-state index is -0.0298. The lowest BCUT2D eigenvalue weighted by Crippen LogP contribution is -2.07. The molecule has 1 aromatic heterocycles. The Hall–Kier alpha value is -1.13. The molecule has 0 unspecified atom stereocenters. The predicted molar refractivity (Wildman–Crippen MR) is 48.5 cm³/mol. The van der Waals surface area contributed by atoms with Gasteiger partial charge in [-0.15, -0.1) is 0 Å². The van der Waals surface area contributed by atoms with Crippen LogP contribution >= 0.6 is 0 Å². The summed E-state index contributed by atoms with van der Waals surface area (Å²) in [5.74, 6) is 0. The van der Waals surface area contributed by atoms with Gasteiger partial charge >= 0.3 is 0 Å². The number of aromatic amines is 1. The van der Waals surface area contributed by atoms with Crippen LogP contribution in [-0.2, 0) is 22.7 Å². The molecule has 0 bridgehead atoms. The van der Waals surface area contributed by atoms with E-state index in [-0.39, 0.29) is 5.43 Å². The highest BCUT2D eigenvalue weighted by atomic mass is 16.5. The number of nitrogens with one attached hydrogen (secondary N) is 1. The average molecular weight is 183 g/mol. The van der Waals surface area contributed by atoms with Crippen molar-refractivity contribution >= 4 is 0 Å². The van der Waals surface area contributed by atoms with Crippen LogP contribution < -0.4 is 5.43 Å². The van der Waals surface area contributed by atoms with Crippen molar-refractivity contribution in [3.8, 4) is 0 Å². The Kier molecular flexibility index (Phi) is 3.67. The van der Waals surface area contributed by atoms with Crippen molar-refractivity contribution in [2.45, 2.75) is 13.2 Å². The fourth-order valence-electron chi connectivity index (χ4n) is 1.13. The molecule has 0 saturated heterocycles. The van der Waals surface area contributed by atoms with Crippen molar-refractivity contribution in [3.63, 3.8) is 0 Å². The van der Waals surface area contributed by atoms with Crippen LogP contribution in [0.25, 0.3) is 0 Å². The van der Waals surface area contributed by atoms with Gasteiger partial charge < -0.3 is 14.5 Å². The molecule has 0 aromatic carbocycles. The van der Waals surface area contributed by atoms with Gasteiger partial charge in [-0.3, -0.25) is 4.79 Å². The van der Waals surface area contributed by atoms with Crippen molar-refractivity contribution in [1.29, 1.82) is 0 Å². The molecule has 0 aliphatic heterocycles. The van der Waals surface area contributed by atoms with Gasteiger partial charge in [0.1, 0.15) is 0 Å². The molecule has 72 valence electrons. The predicted octanol–water partition coefficient (Wildman–Crippen LogP) is 0.668. The average Bonchev–Trinajstić information content (AvgIpc) is 2.04. The van der Waals surface area contributed by atoms with E-state index in [1.165, 1.54) is 12.1 Å². The highest BCUT2D eigenvalue weighted by molar-refractivity contribution is 5.10. The number of ether oxygens (including phenoxy) is 2. The first kappa shape index (κ1) is 9.95. The summed E-state index contributed by atoms with van der Waals surface area (Å²) in [7, 11) is 3.17. The molecule has 13 heavy (non-hydrogen) atoms. The van der Waals surface area contributed by atoms with E-state index in [9.17, 15) is 4.79 Å². The monoisotopic (exact) mass is 183 g/mol. The van der Waals surface area contributed by atoms with E-state index in [0.29, 0.717) is 13.2 Å². The molecule has 0 aliphatic rings. The second kappa shape index (κ2) is 4.79. The molecular formula is C9H13NO3. The third-order valence-electron chi connectivity index (χ3n) is 1.55. The number of H-pyrrole nitrogens is 1. The second-order valence-corrected chi connectivity index (χ2v) is 2.73. The molecule has 1 heterocycles. The zero-order valence-electron chi connectivity index (χ0n) is 7.79. The van der Waals surface area contributed by atoms with Gasteiger partial charge in [0.05, 0.1) is 13.2 Å². The molecule has 1 aromatic rings. The summed E-state index contributed by atoms with van der Waals surface area (Å²) >= 11 is 0. The lowest BCUT2D eigenvalue weighted by atomic mass is 10.3. The molecule has 0 saturated carbocycles. The summed E-state index contributed by atoms with van der Waals surface area (Å²) in [6.07, 6.45) is 0. The molecule has 1 N–H and O–H groups in total. The summed E-state index contributed by atoms with van der Waals surface area (Å²) in [6.45, 7) is 0.819. The van der Waals surface area contributed by atoms with Crippen LogP contribution in [0, 0.1) is 0 Å². The summed E-state index contributed by atoms with van der Waals surface area (Å²) in [5.41, 5.74) is 1.50. The van der Waals surface area contributed by atoms with E-state index in [2.05, 4.69) is 4.98 Å². The van der Waals surface area contributed by atoms with Crippen LogP contribution in [0.4, 0.5) is 0 Å². The Labute approximate surface area is 76.5 Å². The third kappa shape index (κ3) is 3.01. The number of rotatable bonds is 4. The molecule has 1 rings (SSSR count). The number of methoxy groups -OCH3 is 2. The van der Waals surface area contributed by atoms with Crippen molar-refractivity contribution in [2.24, 2.45) is 0 Å². The molecule has 0 amide bonds. The zero-order valence-corrected chi connectivity index (χ0v) is 7.79. The van der Waals surface area contributed by atoms with E-state index in [4.69, 9.17) is 9.47 Å². The van der Waals surface area contributed by atoms with E-state index < -0.39 is 0 Å². The van der Waals surface area contributed by atoms with Crippen LogP contribution in [0.5, 0.6) is 0 Å². The first-order valence-electron chi connectivity index (χ1n) is 3.96. The second-order valence-electron chi connectivity index (χ2n) is 2.73. The largest absolute Gasteiger partial charge is 0.378 e. The molecule has 4 heteroatoms. The van der Waals surface area contributed by atoms with Gasteiger partial charge in [0, 0.05) is 37.7 Å². The maximum Gasteiger partial charge on any atom is 0.182 e. The third-order valence-corrected chi connectivity index (χ3v) is 1.55. The number of pyridine rings is 1. The Morgan fingerprint density at radius 2 is 1.62 bits per heavy atom. The van der Waals surface area contributed by atoms with E-state index in [0.717, 1.165) is 11.4 Å². The Balaban J connectivity index is 2.90. The minimum Gasteiger partial charge on any atom is -0.378 e. The Morgan fingerprint density at radius 3 is 2.00 bits per heavy atom. The van der Waals surface area contributed by atoms with Crippen molar-refractivity contribution in [1.82, 2.24) is 4.98 Å². The van der Waals surface area contributed by atoms with Crippen molar-refractivity contribution in [3.05, 3.63) is 33.7 Å². The van der Waals surface area contributed by atoms with Crippen LogP contribution in [0.1, 0.15) is 11.4 Å². The van der Waals surface area contributed by atoms with E-state index in [1.807, 2.05) is 0 Å². The SMILES string of the molecule is COCc1cc(=O)cc(COC)[nH]1. The fourth-order valence-corrected chi connectivity index (χ4v) is 1.13. The van der Waals surface area contributed by atoms with Gasteiger partial charge in [-0.1, -0.05) is 0 Å². The summed E-state index contributed by atoms with van der Waals surface area (Å²) in [4.78, 5) is 14.2. The lowest BCUT2D eigenvalue weighted by Gasteiger charge is -2.03. The van der Waals surface area contributed by atoms with E-state index in [1.54, 1.807) is 14.2 Å². The fraction of sp³-hybridized carbons (Fsp3) is 0.444. The number of aromatic nitrogens is 1. The van der Waals surface area contributed by atoms with Gasteiger partial charge in [0.2, 0.25) is 0 Å². The first-order valence-corrected chi connectivity index (χ1v) is 3.96. The van der Waals surface area contributed by atoms with Crippen molar-refractivity contribution < 1.29 is 9.47 Å². The lowest BCUT2D eigenvalue weighted by molar-refractivity contribution is 0.173. The standard InChI is InChI=1S/C9H13NO3/c1-12-5-7-3-9(11)4-8(10-7)6-13-2/h3-4H,5-6H2,1-2H3,(H,10,11). The van der Waals surface area contributed by atoms with Gasteiger partial charge in [0.25, 0.3) is 0 Å². The summed E-state index contributed by atoms with van der Waals surface area (Å²) in [6, 6.07) is 3.03. The van der Waals surface area contributed by atoms with Gasteiger partial charge in [-0.05, 0) is 0 Å². The van der Waals surface area contributed by atoms with Gasteiger partial charge in [0.15, 0.2) is 5.43 Å². The summed E-state index contributed by atoms with van der Waals surface area (Å²) < 4.78 is 9.81. The molecule has 0 fully saturated rings. The van der Waals surface area contributed by atoms with Crippen molar-refractivity contribution in [2.75, 3.05) is 14.2 Å². The topological polar surface area (TPSA) is 51.3 Å². The zero-order chi connectivity index (χ0) is 9.68. The molecule has 4 nitrogen and oxygen atoms in total. The maximum atomic E-state index is 11.1. The molecular weight excluding hydrogens is 170 g/mol. The molecule has 0 radical (unpaired) electrons. The maximum absolute atomic E-state index is 11.1. The van der Waals surface area contributed by atoms with Crippen LogP contribution in [0.15, 0.2) is 16.9 Å². The van der Waals surface area contributed by atoms with Crippen LogP contribution in [0.2, 0.25) is 0 Å². The number of hydrogen-bond donors (Lipinski definition) is 1. The normalized spacial score (nSPS) is 10.3. The van der Waals surface area contributed by atoms with Gasteiger partial charge in [-0.2, -0.15) is 0 Å². The Morgan fingerprint density at radius 1 is 1.15 bits per heavy atom. The first-order chi connectivity index (χ1) is 6.26. The number of hydrogen-bond acceptors (Lipinski definition) is 3. The van der Waals surface area contributed by atoms with E-state index >= 15 is 0 Å². The molecule has 0 aliphatic carbocycles. The molecule has 0 spiro atoms. The quantitative estimate of drug-likeness (QED) is 0.746. The smallest absolute Gasteiger partial charge is 0.182 e. The minimum absolute atomic E-state index is 0.0298. The molecule has 0 atom stereocenters.